The van der Waals surface area contributed by atoms with Crippen LogP contribution in [0.5, 0.6) is 5.75 Å². The molecule has 1 aromatic heterocycles. The van der Waals surface area contributed by atoms with Crippen molar-refractivity contribution in [3.8, 4) is 5.75 Å². The molecule has 0 saturated carbocycles. The van der Waals surface area contributed by atoms with Gasteiger partial charge >= 0.3 is 0 Å². The van der Waals surface area contributed by atoms with Crippen molar-refractivity contribution < 1.29 is 5.11 Å². The highest BCUT2D eigenvalue weighted by Gasteiger charge is 2.44. The fourth-order valence-corrected chi connectivity index (χ4v) is 10.7. The van der Waals surface area contributed by atoms with Gasteiger partial charge in [0.15, 0.2) is 0 Å². The summed E-state index contributed by atoms with van der Waals surface area (Å²) >= 11 is 0. The van der Waals surface area contributed by atoms with Crippen molar-refractivity contribution in [2.24, 2.45) is 0 Å². The Morgan fingerprint density at radius 2 is 1.29 bits per heavy atom. The largest absolute Gasteiger partial charge is 0.508 e. The number of hydrogen-bond acceptors (Lipinski definition) is 4. The molecule has 0 atom stereocenters. The minimum Gasteiger partial charge on any atom is -0.508 e. The van der Waals surface area contributed by atoms with E-state index in [0.29, 0.717) is 5.75 Å². The van der Waals surface area contributed by atoms with Gasteiger partial charge in [0.2, 0.25) is 8.07 Å². The van der Waals surface area contributed by atoms with Gasteiger partial charge in [0.25, 0.3) is 0 Å². The van der Waals surface area contributed by atoms with Crippen LogP contribution < -0.4 is 25.8 Å². The molecule has 1 N–H and O–H groups in total. The molecule has 0 fully saturated rings. The fourth-order valence-electron chi connectivity index (χ4n) is 6.09. The summed E-state index contributed by atoms with van der Waals surface area (Å²) in [6.45, 7) is 5.14. The first-order chi connectivity index (χ1) is 19.9. The van der Waals surface area contributed by atoms with Crippen molar-refractivity contribution in [3.05, 3.63) is 151 Å². The molecule has 0 saturated heterocycles. The molecule has 6 rings (SSSR count). The predicted octanol–water partition coefficient (Wildman–Crippen LogP) is 4.67. The van der Waals surface area contributed by atoms with Crippen molar-refractivity contribution in [2.75, 3.05) is 18.6 Å². The van der Waals surface area contributed by atoms with Gasteiger partial charge in [-0.1, -0.05) is 123 Å². The highest BCUT2D eigenvalue weighted by atomic mass is 28.3. The molecule has 0 unspecified atom stereocenters. The van der Waals surface area contributed by atoms with E-state index in [4.69, 9.17) is 4.98 Å². The number of nitrogens with zero attached hydrogens (tertiary/aromatic N) is 3. The molecule has 0 spiro atoms. The summed E-state index contributed by atoms with van der Waals surface area (Å²) in [5.74, 6) is 1.26. The summed E-state index contributed by atoms with van der Waals surface area (Å²) < 4.78 is 0. The second-order valence-corrected chi connectivity index (χ2v) is 15.0. The first kappa shape index (κ1) is 26.6. The molecule has 2 heterocycles. The van der Waals surface area contributed by atoms with Crippen LogP contribution in [-0.2, 0) is 5.41 Å². The summed E-state index contributed by atoms with van der Waals surface area (Å²) in [5, 5.41) is 15.7. The van der Waals surface area contributed by atoms with Crippen molar-refractivity contribution in [3.63, 3.8) is 0 Å². The Labute approximate surface area is 243 Å². The van der Waals surface area contributed by atoms with E-state index in [-0.39, 0.29) is 0 Å². The lowest BCUT2D eigenvalue weighted by Gasteiger charge is -2.35. The number of benzene rings is 4. The second-order valence-electron chi connectivity index (χ2n) is 11.3. The number of aromatic hydroxyl groups is 1. The Morgan fingerprint density at radius 3 is 1.93 bits per heavy atom. The summed E-state index contributed by atoms with van der Waals surface area (Å²) in [6.07, 6.45) is 4.17. The molecule has 5 heteroatoms. The number of phenolic OH excluding ortho intramolecular Hbond substituents is 1. The van der Waals surface area contributed by atoms with E-state index < -0.39 is 13.5 Å². The maximum absolute atomic E-state index is 10.8. The molecule has 0 bridgehead atoms. The molecule has 204 valence electrons. The van der Waals surface area contributed by atoms with Crippen LogP contribution in [0.1, 0.15) is 25.0 Å². The van der Waals surface area contributed by atoms with Crippen LogP contribution in [0, 0.1) is 0 Å². The van der Waals surface area contributed by atoms with Crippen LogP contribution >= 0.6 is 0 Å². The van der Waals surface area contributed by atoms with Crippen LogP contribution in [0.2, 0.25) is 0 Å². The summed E-state index contributed by atoms with van der Waals surface area (Å²) in [7, 11) is -0.787. The fraction of sp³-hybridized carbons (Fsp3) is 0.139. The summed E-state index contributed by atoms with van der Waals surface area (Å²) in [4.78, 5) is 9.77. The van der Waals surface area contributed by atoms with Crippen molar-refractivity contribution >= 4 is 34.8 Å². The van der Waals surface area contributed by atoms with Crippen molar-refractivity contribution in [1.82, 2.24) is 9.88 Å². The maximum Gasteiger partial charge on any atom is 0.201 e. The molecule has 4 nitrogen and oxygen atoms in total. The molecule has 4 aromatic carbocycles. The van der Waals surface area contributed by atoms with Gasteiger partial charge in [0.1, 0.15) is 11.6 Å². The Morgan fingerprint density at radius 1 is 0.683 bits per heavy atom. The molecule has 5 aromatic rings. The first-order valence-electron chi connectivity index (χ1n) is 14.0. The first-order valence-corrected chi connectivity index (χ1v) is 16.0. The minimum atomic E-state index is -2.86. The van der Waals surface area contributed by atoms with Crippen LogP contribution in [0.15, 0.2) is 140 Å². The normalized spacial score (nSPS) is 13.5. The Bertz CT molecular complexity index is 1640. The minimum absolute atomic E-state index is 0.315. The molecule has 0 aliphatic carbocycles. The number of hydrogen-bond donors (Lipinski definition) is 1. The number of phenols is 1. The van der Waals surface area contributed by atoms with E-state index in [1.165, 1.54) is 15.6 Å². The van der Waals surface area contributed by atoms with E-state index >= 15 is 0 Å². The van der Waals surface area contributed by atoms with Crippen LogP contribution in [0.3, 0.4) is 0 Å². The number of pyridine rings is 1. The van der Waals surface area contributed by atoms with Crippen LogP contribution in [0.25, 0.3) is 0 Å². The highest BCUT2D eigenvalue weighted by Crippen LogP contribution is 2.36. The monoisotopic (exact) mass is 553 g/mol. The third-order valence-corrected chi connectivity index (χ3v) is 12.9. The summed E-state index contributed by atoms with van der Waals surface area (Å²) in [6, 6.07) is 44.9. The number of rotatable bonds is 7. The second kappa shape index (κ2) is 10.8. The zero-order valence-corrected chi connectivity index (χ0v) is 24.8. The topological polar surface area (TPSA) is 39.6 Å². The predicted molar refractivity (Wildman–Crippen MR) is 172 cm³/mol. The Hall–Kier alpha value is -4.61. The van der Waals surface area contributed by atoms with Crippen LogP contribution in [0.4, 0.5) is 5.82 Å². The smallest absolute Gasteiger partial charge is 0.201 e. The zero-order chi connectivity index (χ0) is 28.5. The van der Waals surface area contributed by atoms with Gasteiger partial charge in [-0.2, -0.15) is 0 Å². The third kappa shape index (κ3) is 4.72. The highest BCUT2D eigenvalue weighted by molar-refractivity contribution is 7.19. The quantitative estimate of drug-likeness (QED) is 0.235. The molecule has 0 radical (unpaired) electrons. The molecular formula is C36H35N3OSi. The van der Waals surface area contributed by atoms with Crippen molar-refractivity contribution in [2.45, 2.75) is 19.3 Å². The lowest BCUT2D eigenvalue weighted by atomic mass is 9.78. The maximum atomic E-state index is 10.8. The van der Waals surface area contributed by atoms with Gasteiger partial charge in [0, 0.05) is 35.7 Å². The van der Waals surface area contributed by atoms with Gasteiger partial charge in [0.05, 0.1) is 6.67 Å². The average molecular weight is 554 g/mol. The van der Waals surface area contributed by atoms with Gasteiger partial charge < -0.3 is 14.9 Å². The van der Waals surface area contributed by atoms with E-state index in [9.17, 15) is 5.11 Å². The standard InChI is InChI=1S/C36H35N3OSi/c1-36(2,32-20-10-11-21-33(32)40)28-14-12-19-31(26-28)41(29-15-6-4-7-16-29,30-17-8-5-9-18-30)35-23-13-22-34(37-35)39-25-24-38(3)27-39/h4-26,40H,27H2,1-3H3. The lowest BCUT2D eigenvalue weighted by molar-refractivity contribution is 0.453. The molecule has 0 amide bonds. The molecule has 41 heavy (non-hydrogen) atoms. The van der Waals surface area contributed by atoms with Crippen molar-refractivity contribution in [1.29, 1.82) is 0 Å². The van der Waals surface area contributed by atoms with E-state index in [2.05, 4.69) is 146 Å². The lowest BCUT2D eigenvalue weighted by Crippen LogP contribution is -2.75. The summed E-state index contributed by atoms with van der Waals surface area (Å²) in [5.41, 5.74) is 1.66. The van der Waals surface area contributed by atoms with E-state index in [0.717, 1.165) is 28.9 Å². The SMILES string of the molecule is CN1C=CN(c2cccc([Si](c3ccccc3)(c3ccccc3)c3cccc(C(C)(C)c4ccccc4O)c3)n2)C1. The molecule has 1 aliphatic heterocycles. The zero-order valence-electron chi connectivity index (χ0n) is 23.8. The third-order valence-electron chi connectivity index (χ3n) is 8.30. The Kier molecular flexibility index (Phi) is 6.98. The Balaban J connectivity index is 1.63. The van der Waals surface area contributed by atoms with Gasteiger partial charge in [-0.3, -0.25) is 0 Å². The molecular weight excluding hydrogens is 519 g/mol. The number of para-hydroxylation sites is 1. The number of anilines is 1. The molecule has 1 aliphatic rings. The van der Waals surface area contributed by atoms with E-state index in [1.807, 2.05) is 18.2 Å². The van der Waals surface area contributed by atoms with E-state index in [1.54, 1.807) is 6.07 Å². The van der Waals surface area contributed by atoms with Gasteiger partial charge in [-0.25, -0.2) is 4.98 Å². The van der Waals surface area contributed by atoms with Gasteiger partial charge in [-0.15, -0.1) is 0 Å². The number of aromatic nitrogens is 1. The van der Waals surface area contributed by atoms with Gasteiger partial charge in [-0.05, 0) is 39.3 Å². The van der Waals surface area contributed by atoms with Crippen LogP contribution in [-0.4, -0.2) is 36.8 Å². The average Bonchev–Trinajstić information content (AvgIpc) is 3.45.